The minimum Gasteiger partial charge on any atom is -0.392 e. The molecule has 1 aromatic rings. The van der Waals surface area contributed by atoms with Crippen molar-refractivity contribution in [2.24, 2.45) is 0 Å². The van der Waals surface area contributed by atoms with Crippen molar-refractivity contribution in [3.63, 3.8) is 0 Å². The average molecular weight is 194 g/mol. The summed E-state index contributed by atoms with van der Waals surface area (Å²) in [6.07, 6.45) is 9.29. The van der Waals surface area contributed by atoms with E-state index in [-0.39, 0.29) is 6.61 Å². The van der Waals surface area contributed by atoms with Crippen LogP contribution < -0.4 is 0 Å². The van der Waals surface area contributed by atoms with Gasteiger partial charge in [-0.2, -0.15) is 0 Å². The first-order valence-electron chi connectivity index (χ1n) is 5.27. The number of hydrogen-bond acceptors (Lipinski definition) is 3. The third kappa shape index (κ3) is 3.83. The largest absolute Gasteiger partial charge is 0.392 e. The molecule has 0 spiro atoms. The highest BCUT2D eigenvalue weighted by molar-refractivity contribution is 5.03. The van der Waals surface area contributed by atoms with Crippen LogP contribution in [0.1, 0.15) is 44.0 Å². The van der Waals surface area contributed by atoms with E-state index in [0.717, 1.165) is 24.2 Å². The molecule has 0 saturated carbocycles. The molecule has 0 unspecified atom stereocenters. The summed E-state index contributed by atoms with van der Waals surface area (Å²) in [4.78, 5) is 8.35. The molecule has 1 N–H and O–H groups in total. The first-order valence-corrected chi connectivity index (χ1v) is 5.27. The molecule has 0 aliphatic carbocycles. The van der Waals surface area contributed by atoms with Crippen LogP contribution in [0.5, 0.6) is 0 Å². The molecule has 0 radical (unpaired) electrons. The van der Waals surface area contributed by atoms with Gasteiger partial charge in [0.2, 0.25) is 0 Å². The van der Waals surface area contributed by atoms with Crippen LogP contribution in [0.3, 0.4) is 0 Å². The van der Waals surface area contributed by atoms with E-state index in [0.29, 0.717) is 0 Å². The monoisotopic (exact) mass is 194 g/mol. The number of unbranched alkanes of at least 4 members (excludes halogenated alkanes) is 3. The van der Waals surface area contributed by atoms with Gasteiger partial charge in [-0.15, -0.1) is 0 Å². The maximum atomic E-state index is 8.79. The van der Waals surface area contributed by atoms with Crippen LogP contribution in [0.25, 0.3) is 0 Å². The summed E-state index contributed by atoms with van der Waals surface area (Å²) in [5, 5.41) is 8.79. The highest BCUT2D eigenvalue weighted by atomic mass is 16.3. The van der Waals surface area contributed by atoms with Gasteiger partial charge in [0.05, 0.1) is 6.61 Å². The first kappa shape index (κ1) is 11.1. The fourth-order valence-electron chi connectivity index (χ4n) is 1.30. The molecule has 0 amide bonds. The Balaban J connectivity index is 2.29. The van der Waals surface area contributed by atoms with Crippen molar-refractivity contribution < 1.29 is 5.11 Å². The maximum Gasteiger partial charge on any atom is 0.128 e. The van der Waals surface area contributed by atoms with Crippen LogP contribution in [-0.4, -0.2) is 15.1 Å². The Morgan fingerprint density at radius 3 is 2.43 bits per heavy atom. The summed E-state index contributed by atoms with van der Waals surface area (Å²) in [6, 6.07) is 0. The molecule has 1 heterocycles. The zero-order chi connectivity index (χ0) is 10.2. The minimum atomic E-state index is 0.0239. The molecule has 0 aliphatic rings. The Kier molecular flexibility index (Phi) is 5.15. The summed E-state index contributed by atoms with van der Waals surface area (Å²) in [5.74, 6) is 0.887. The Labute approximate surface area is 85.2 Å². The van der Waals surface area contributed by atoms with Crippen LogP contribution in [0.4, 0.5) is 0 Å². The van der Waals surface area contributed by atoms with Gasteiger partial charge in [-0.05, 0) is 6.42 Å². The first-order chi connectivity index (χ1) is 6.86. The topological polar surface area (TPSA) is 46.0 Å². The number of aliphatic hydroxyl groups is 1. The van der Waals surface area contributed by atoms with Crippen molar-refractivity contribution in [1.29, 1.82) is 0 Å². The Morgan fingerprint density at radius 1 is 1.14 bits per heavy atom. The van der Waals surface area contributed by atoms with Crippen LogP contribution in [0.2, 0.25) is 0 Å². The van der Waals surface area contributed by atoms with Crippen molar-refractivity contribution in [1.82, 2.24) is 9.97 Å². The maximum absolute atomic E-state index is 8.79. The van der Waals surface area contributed by atoms with E-state index in [1.165, 1.54) is 19.3 Å². The number of hydrogen-bond donors (Lipinski definition) is 1. The quantitative estimate of drug-likeness (QED) is 0.705. The second kappa shape index (κ2) is 6.49. The lowest BCUT2D eigenvalue weighted by Crippen LogP contribution is -1.96. The van der Waals surface area contributed by atoms with E-state index in [4.69, 9.17) is 5.11 Å². The highest BCUT2D eigenvalue weighted by Gasteiger charge is 1.96. The van der Waals surface area contributed by atoms with Gasteiger partial charge in [0.15, 0.2) is 0 Å². The Bertz CT molecular complexity index is 246. The molecule has 0 aromatic carbocycles. The molecule has 3 heteroatoms. The summed E-state index contributed by atoms with van der Waals surface area (Å²) < 4.78 is 0. The van der Waals surface area contributed by atoms with Crippen molar-refractivity contribution >= 4 is 0 Å². The number of aromatic nitrogens is 2. The highest BCUT2D eigenvalue weighted by Crippen LogP contribution is 2.04. The van der Waals surface area contributed by atoms with E-state index >= 15 is 0 Å². The second-order valence-corrected chi connectivity index (χ2v) is 3.48. The van der Waals surface area contributed by atoms with Gasteiger partial charge in [0, 0.05) is 24.4 Å². The van der Waals surface area contributed by atoms with E-state index in [1.807, 2.05) is 0 Å². The number of nitrogens with zero attached hydrogens (tertiary/aromatic N) is 2. The van der Waals surface area contributed by atoms with Gasteiger partial charge in [-0.25, -0.2) is 9.97 Å². The lowest BCUT2D eigenvalue weighted by Gasteiger charge is -2.00. The molecule has 78 valence electrons. The number of rotatable bonds is 6. The standard InChI is InChI=1S/C11H18N2O/c1-2-3-4-5-6-11-12-7-10(9-14)8-13-11/h7-8,14H,2-6,9H2,1H3. The molecule has 0 bridgehead atoms. The smallest absolute Gasteiger partial charge is 0.128 e. The van der Waals surface area contributed by atoms with Gasteiger partial charge in [-0.3, -0.25) is 0 Å². The summed E-state index contributed by atoms with van der Waals surface area (Å²) in [6.45, 7) is 2.22. The number of aryl methyl sites for hydroxylation is 1. The molecular formula is C11H18N2O. The predicted octanol–water partition coefficient (Wildman–Crippen LogP) is 2.09. The molecule has 1 rings (SSSR count). The molecule has 0 saturated heterocycles. The van der Waals surface area contributed by atoms with Crippen LogP contribution in [0.15, 0.2) is 12.4 Å². The molecule has 0 fully saturated rings. The van der Waals surface area contributed by atoms with Crippen LogP contribution in [0, 0.1) is 0 Å². The number of aliphatic hydroxyl groups excluding tert-OH is 1. The molecular weight excluding hydrogens is 176 g/mol. The molecule has 1 aromatic heterocycles. The van der Waals surface area contributed by atoms with Gasteiger partial charge >= 0.3 is 0 Å². The average Bonchev–Trinajstić information content (AvgIpc) is 2.25. The van der Waals surface area contributed by atoms with Gasteiger partial charge in [0.1, 0.15) is 5.82 Å². The molecule has 14 heavy (non-hydrogen) atoms. The summed E-state index contributed by atoms with van der Waals surface area (Å²) in [5.41, 5.74) is 0.780. The Morgan fingerprint density at radius 2 is 1.86 bits per heavy atom. The zero-order valence-electron chi connectivity index (χ0n) is 8.74. The Hall–Kier alpha value is -0.960. The molecule has 0 aliphatic heterocycles. The van der Waals surface area contributed by atoms with Crippen LogP contribution >= 0.6 is 0 Å². The van der Waals surface area contributed by atoms with Crippen molar-refractivity contribution in [2.75, 3.05) is 0 Å². The summed E-state index contributed by atoms with van der Waals surface area (Å²) >= 11 is 0. The van der Waals surface area contributed by atoms with E-state index in [2.05, 4.69) is 16.9 Å². The van der Waals surface area contributed by atoms with Gasteiger partial charge < -0.3 is 5.11 Å². The predicted molar refractivity (Wildman–Crippen MR) is 55.8 cm³/mol. The third-order valence-corrected chi connectivity index (χ3v) is 2.20. The lowest BCUT2D eigenvalue weighted by molar-refractivity contribution is 0.280. The van der Waals surface area contributed by atoms with Crippen LogP contribution in [-0.2, 0) is 13.0 Å². The summed E-state index contributed by atoms with van der Waals surface area (Å²) in [7, 11) is 0. The third-order valence-electron chi connectivity index (χ3n) is 2.20. The van der Waals surface area contributed by atoms with Gasteiger partial charge in [-0.1, -0.05) is 26.2 Å². The lowest BCUT2D eigenvalue weighted by atomic mass is 10.1. The molecule has 3 nitrogen and oxygen atoms in total. The van der Waals surface area contributed by atoms with E-state index in [9.17, 15) is 0 Å². The van der Waals surface area contributed by atoms with E-state index in [1.54, 1.807) is 12.4 Å². The fraction of sp³-hybridized carbons (Fsp3) is 0.636. The van der Waals surface area contributed by atoms with Crippen molar-refractivity contribution in [3.8, 4) is 0 Å². The van der Waals surface area contributed by atoms with Gasteiger partial charge in [0.25, 0.3) is 0 Å². The second-order valence-electron chi connectivity index (χ2n) is 3.48. The normalized spacial score (nSPS) is 10.4. The SMILES string of the molecule is CCCCCCc1ncc(CO)cn1. The molecule has 0 atom stereocenters. The minimum absolute atomic E-state index is 0.0239. The van der Waals surface area contributed by atoms with Crippen molar-refractivity contribution in [2.45, 2.75) is 45.6 Å². The van der Waals surface area contributed by atoms with E-state index < -0.39 is 0 Å². The fourth-order valence-corrected chi connectivity index (χ4v) is 1.30. The zero-order valence-corrected chi connectivity index (χ0v) is 8.74. The van der Waals surface area contributed by atoms with Crippen molar-refractivity contribution in [3.05, 3.63) is 23.8 Å².